The minimum Gasteiger partial charge on any atom is -0.504 e. The quantitative estimate of drug-likeness (QED) is 0.859. The van der Waals surface area contributed by atoms with Crippen LogP contribution in [0.15, 0.2) is 18.2 Å². The van der Waals surface area contributed by atoms with Crippen molar-refractivity contribution in [3.05, 3.63) is 23.8 Å². The number of phenolic OH excluding ortho intramolecular Hbond substituents is 1. The number of carbonyl (C=O) groups is 2. The maximum atomic E-state index is 12.0. The van der Waals surface area contributed by atoms with Crippen LogP contribution < -0.4 is 4.74 Å². The largest absolute Gasteiger partial charge is 0.504 e. The number of para-hydroxylation sites is 1. The summed E-state index contributed by atoms with van der Waals surface area (Å²) in [6.45, 7) is 3.17. The van der Waals surface area contributed by atoms with E-state index in [1.807, 2.05) is 0 Å². The van der Waals surface area contributed by atoms with Gasteiger partial charge in [0.15, 0.2) is 18.1 Å². The van der Waals surface area contributed by atoms with Crippen LogP contribution in [-0.4, -0.2) is 48.7 Å². The molecule has 6 heteroatoms. The number of carbonyl (C=O) groups excluding carboxylic acids is 2. The van der Waals surface area contributed by atoms with E-state index in [9.17, 15) is 14.7 Å². The van der Waals surface area contributed by atoms with Gasteiger partial charge in [-0.05, 0) is 30.9 Å². The normalized spacial score (nSPS) is 17.9. The number of hydrogen-bond donors (Lipinski definition) is 1. The fourth-order valence-electron chi connectivity index (χ4n) is 2.56. The molecule has 1 aromatic carbocycles. The Labute approximate surface area is 129 Å². The number of piperidine rings is 1. The molecule has 1 aromatic rings. The van der Waals surface area contributed by atoms with Gasteiger partial charge in [0, 0.05) is 13.1 Å². The Kier molecular flexibility index (Phi) is 5.25. The molecule has 2 rings (SSSR count). The molecule has 1 saturated heterocycles. The zero-order valence-electron chi connectivity index (χ0n) is 12.9. The zero-order valence-corrected chi connectivity index (χ0v) is 12.9. The minimum absolute atomic E-state index is 0.0147. The van der Waals surface area contributed by atoms with E-state index in [0.717, 1.165) is 12.8 Å². The number of benzene rings is 1. The second-order valence-electron chi connectivity index (χ2n) is 5.52. The SMILES string of the molecule is COc1cccc(C(=O)OCC(=O)N2CCCC(C)C2)c1O. The summed E-state index contributed by atoms with van der Waals surface area (Å²) in [6.07, 6.45) is 2.08. The van der Waals surface area contributed by atoms with Crippen LogP contribution in [0.2, 0.25) is 0 Å². The molecule has 22 heavy (non-hydrogen) atoms. The molecule has 0 radical (unpaired) electrons. The third kappa shape index (κ3) is 3.69. The lowest BCUT2D eigenvalue weighted by Crippen LogP contribution is -2.41. The first kappa shape index (κ1) is 16.1. The molecule has 1 unspecified atom stereocenters. The van der Waals surface area contributed by atoms with E-state index >= 15 is 0 Å². The Morgan fingerprint density at radius 2 is 2.18 bits per heavy atom. The van der Waals surface area contributed by atoms with Crippen molar-refractivity contribution >= 4 is 11.9 Å². The van der Waals surface area contributed by atoms with E-state index in [2.05, 4.69) is 6.92 Å². The average Bonchev–Trinajstić information content (AvgIpc) is 2.52. The number of rotatable bonds is 4. The van der Waals surface area contributed by atoms with Gasteiger partial charge in [0.1, 0.15) is 5.56 Å². The Bertz CT molecular complexity index is 557. The highest BCUT2D eigenvalue weighted by Crippen LogP contribution is 2.29. The van der Waals surface area contributed by atoms with Gasteiger partial charge >= 0.3 is 5.97 Å². The first-order valence-electron chi connectivity index (χ1n) is 7.33. The number of ether oxygens (including phenoxy) is 2. The molecule has 6 nitrogen and oxygen atoms in total. The van der Waals surface area contributed by atoms with Crippen LogP contribution in [0, 0.1) is 5.92 Å². The maximum absolute atomic E-state index is 12.0. The van der Waals surface area contributed by atoms with Crippen molar-refractivity contribution in [1.29, 1.82) is 0 Å². The molecule has 1 aliphatic rings. The van der Waals surface area contributed by atoms with Crippen LogP contribution >= 0.6 is 0 Å². The molecule has 1 N–H and O–H groups in total. The number of methoxy groups -OCH3 is 1. The highest BCUT2D eigenvalue weighted by Gasteiger charge is 2.23. The molecule has 0 bridgehead atoms. The van der Waals surface area contributed by atoms with Crippen LogP contribution in [0.25, 0.3) is 0 Å². The third-order valence-corrected chi connectivity index (χ3v) is 3.78. The topological polar surface area (TPSA) is 76.1 Å². The van der Waals surface area contributed by atoms with Gasteiger partial charge in [0.25, 0.3) is 5.91 Å². The van der Waals surface area contributed by atoms with Crippen molar-refractivity contribution in [2.75, 3.05) is 26.8 Å². The lowest BCUT2D eigenvalue weighted by atomic mass is 10.0. The molecule has 120 valence electrons. The van der Waals surface area contributed by atoms with Gasteiger partial charge in [0.2, 0.25) is 0 Å². The minimum atomic E-state index is -0.741. The summed E-state index contributed by atoms with van der Waals surface area (Å²) in [5.41, 5.74) is -0.0147. The Morgan fingerprint density at radius 1 is 1.41 bits per heavy atom. The molecule has 0 aromatic heterocycles. The Hall–Kier alpha value is -2.24. The van der Waals surface area contributed by atoms with Gasteiger partial charge in [-0.25, -0.2) is 4.79 Å². The van der Waals surface area contributed by atoms with Gasteiger partial charge in [0.05, 0.1) is 7.11 Å². The lowest BCUT2D eigenvalue weighted by molar-refractivity contribution is -0.136. The molecule has 1 amide bonds. The number of phenols is 1. The van der Waals surface area contributed by atoms with Crippen LogP contribution in [-0.2, 0) is 9.53 Å². The molecular formula is C16H21NO5. The van der Waals surface area contributed by atoms with Crippen LogP contribution in [0.1, 0.15) is 30.1 Å². The summed E-state index contributed by atoms with van der Waals surface area (Å²) in [6, 6.07) is 4.53. The summed E-state index contributed by atoms with van der Waals surface area (Å²) in [7, 11) is 1.39. The summed E-state index contributed by atoms with van der Waals surface area (Å²) >= 11 is 0. The summed E-state index contributed by atoms with van der Waals surface area (Å²) in [5.74, 6) is -0.576. The number of likely N-dealkylation sites (tertiary alicyclic amines) is 1. The summed E-state index contributed by atoms with van der Waals surface area (Å²) in [4.78, 5) is 25.7. The highest BCUT2D eigenvalue weighted by atomic mass is 16.5. The number of amides is 1. The van der Waals surface area contributed by atoms with Crippen molar-refractivity contribution in [3.8, 4) is 11.5 Å². The first-order chi connectivity index (χ1) is 10.5. The van der Waals surface area contributed by atoms with Crippen LogP contribution in [0.3, 0.4) is 0 Å². The highest BCUT2D eigenvalue weighted by molar-refractivity contribution is 5.94. The molecule has 0 spiro atoms. The fraction of sp³-hybridized carbons (Fsp3) is 0.500. The number of nitrogens with zero attached hydrogens (tertiary/aromatic N) is 1. The van der Waals surface area contributed by atoms with E-state index in [0.29, 0.717) is 19.0 Å². The zero-order chi connectivity index (χ0) is 16.1. The summed E-state index contributed by atoms with van der Waals surface area (Å²) in [5, 5.41) is 9.89. The van der Waals surface area contributed by atoms with Crippen molar-refractivity contribution in [1.82, 2.24) is 4.90 Å². The molecule has 0 saturated carbocycles. The molecule has 1 aliphatic heterocycles. The van der Waals surface area contributed by atoms with Crippen molar-refractivity contribution in [2.45, 2.75) is 19.8 Å². The third-order valence-electron chi connectivity index (χ3n) is 3.78. The van der Waals surface area contributed by atoms with Crippen molar-refractivity contribution in [3.63, 3.8) is 0 Å². The first-order valence-corrected chi connectivity index (χ1v) is 7.33. The van der Waals surface area contributed by atoms with Gasteiger partial charge in [-0.2, -0.15) is 0 Å². The Balaban J connectivity index is 1.94. The number of hydrogen-bond acceptors (Lipinski definition) is 5. The predicted octanol–water partition coefficient (Wildman–Crippen LogP) is 1.82. The average molecular weight is 307 g/mol. The van der Waals surface area contributed by atoms with Gasteiger partial charge in [-0.1, -0.05) is 13.0 Å². The maximum Gasteiger partial charge on any atom is 0.342 e. The smallest absolute Gasteiger partial charge is 0.342 e. The van der Waals surface area contributed by atoms with Gasteiger partial charge in [-0.3, -0.25) is 4.79 Å². The molecular weight excluding hydrogens is 286 g/mol. The van der Waals surface area contributed by atoms with E-state index in [1.165, 1.54) is 19.2 Å². The van der Waals surface area contributed by atoms with Gasteiger partial charge < -0.3 is 19.5 Å². The van der Waals surface area contributed by atoms with E-state index in [1.54, 1.807) is 11.0 Å². The molecule has 0 aliphatic carbocycles. The predicted molar refractivity (Wildman–Crippen MR) is 79.9 cm³/mol. The Morgan fingerprint density at radius 3 is 2.86 bits per heavy atom. The monoisotopic (exact) mass is 307 g/mol. The molecule has 1 fully saturated rings. The second-order valence-corrected chi connectivity index (χ2v) is 5.52. The second kappa shape index (κ2) is 7.15. The molecule has 1 heterocycles. The van der Waals surface area contributed by atoms with Crippen LogP contribution in [0.5, 0.6) is 11.5 Å². The van der Waals surface area contributed by atoms with E-state index in [-0.39, 0.29) is 29.6 Å². The number of esters is 1. The van der Waals surface area contributed by atoms with Crippen molar-refractivity contribution in [2.24, 2.45) is 5.92 Å². The summed E-state index contributed by atoms with van der Waals surface area (Å²) < 4.78 is 9.95. The van der Waals surface area contributed by atoms with Crippen LogP contribution in [0.4, 0.5) is 0 Å². The number of aromatic hydroxyl groups is 1. The van der Waals surface area contributed by atoms with Crippen molar-refractivity contribution < 1.29 is 24.2 Å². The van der Waals surface area contributed by atoms with E-state index < -0.39 is 5.97 Å². The van der Waals surface area contributed by atoms with E-state index in [4.69, 9.17) is 9.47 Å². The standard InChI is InChI=1S/C16H21NO5/c1-11-5-4-8-17(9-11)14(18)10-22-16(20)12-6-3-7-13(21-2)15(12)19/h3,6-7,11,19H,4-5,8-10H2,1-2H3. The molecule has 1 atom stereocenters. The van der Waals surface area contributed by atoms with Gasteiger partial charge in [-0.15, -0.1) is 0 Å². The fourth-order valence-corrected chi connectivity index (χ4v) is 2.56. The lowest BCUT2D eigenvalue weighted by Gasteiger charge is -2.30.